The van der Waals surface area contributed by atoms with Gasteiger partial charge in [-0.05, 0) is 54.6 Å². The van der Waals surface area contributed by atoms with Crippen molar-refractivity contribution in [2.45, 2.75) is 39.3 Å². The molecule has 0 aromatic carbocycles. The molecule has 3 nitrogen and oxygen atoms in total. The quantitative estimate of drug-likeness (QED) is 0.908. The summed E-state index contributed by atoms with van der Waals surface area (Å²) < 4.78 is 0.917. The molecule has 0 spiro atoms. The first kappa shape index (κ1) is 12.8. The third kappa shape index (κ3) is 3.19. The second-order valence-electron chi connectivity index (χ2n) is 4.98. The number of halogens is 1. The first-order valence-electron chi connectivity index (χ1n) is 6.13. The van der Waals surface area contributed by atoms with Crippen LogP contribution >= 0.6 is 15.9 Å². The van der Waals surface area contributed by atoms with Crippen molar-refractivity contribution < 1.29 is 5.11 Å². The molecule has 0 aliphatic heterocycles. The van der Waals surface area contributed by atoms with E-state index < -0.39 is 0 Å². The summed E-state index contributed by atoms with van der Waals surface area (Å²) in [6.07, 6.45) is 4.46. The molecular formula is C13H19BrN2O. The SMILES string of the molecule is CC(C)N(CC1CC1)c1ncc(Br)cc1CO. The lowest BCUT2D eigenvalue weighted by Gasteiger charge is -2.29. The summed E-state index contributed by atoms with van der Waals surface area (Å²) in [7, 11) is 0. The van der Waals surface area contributed by atoms with E-state index >= 15 is 0 Å². The molecule has 0 saturated heterocycles. The summed E-state index contributed by atoms with van der Waals surface area (Å²) in [5, 5.41) is 9.44. The van der Waals surface area contributed by atoms with E-state index in [1.165, 1.54) is 12.8 Å². The number of anilines is 1. The predicted octanol–water partition coefficient (Wildman–Crippen LogP) is 2.96. The molecule has 1 aliphatic rings. The molecule has 0 bridgehead atoms. The molecule has 1 N–H and O–H groups in total. The highest BCUT2D eigenvalue weighted by Crippen LogP contribution is 2.33. The first-order chi connectivity index (χ1) is 8.11. The zero-order valence-electron chi connectivity index (χ0n) is 10.4. The fourth-order valence-electron chi connectivity index (χ4n) is 1.97. The van der Waals surface area contributed by atoms with E-state index in [2.05, 4.69) is 39.7 Å². The van der Waals surface area contributed by atoms with Crippen LogP contribution in [0.25, 0.3) is 0 Å². The molecule has 1 fully saturated rings. The van der Waals surface area contributed by atoms with Crippen LogP contribution in [0.3, 0.4) is 0 Å². The van der Waals surface area contributed by atoms with E-state index in [1.54, 1.807) is 6.20 Å². The van der Waals surface area contributed by atoms with Gasteiger partial charge in [-0.2, -0.15) is 0 Å². The molecule has 94 valence electrons. The van der Waals surface area contributed by atoms with Crippen molar-refractivity contribution in [2.75, 3.05) is 11.4 Å². The molecule has 2 rings (SSSR count). The van der Waals surface area contributed by atoms with Crippen molar-refractivity contribution in [3.8, 4) is 0 Å². The number of rotatable bonds is 5. The van der Waals surface area contributed by atoms with Gasteiger partial charge < -0.3 is 10.0 Å². The summed E-state index contributed by atoms with van der Waals surface area (Å²) in [6, 6.07) is 2.36. The van der Waals surface area contributed by atoms with Gasteiger partial charge in [-0.15, -0.1) is 0 Å². The number of aromatic nitrogens is 1. The van der Waals surface area contributed by atoms with Crippen molar-refractivity contribution in [3.05, 3.63) is 22.3 Å². The molecule has 0 atom stereocenters. The lowest BCUT2D eigenvalue weighted by atomic mass is 10.2. The van der Waals surface area contributed by atoms with Crippen molar-refractivity contribution in [2.24, 2.45) is 5.92 Å². The summed E-state index contributed by atoms with van der Waals surface area (Å²) >= 11 is 3.39. The first-order valence-corrected chi connectivity index (χ1v) is 6.93. The van der Waals surface area contributed by atoms with E-state index in [1.807, 2.05) is 6.07 Å². The second kappa shape index (κ2) is 5.36. The number of hydrogen-bond acceptors (Lipinski definition) is 3. The minimum absolute atomic E-state index is 0.0374. The van der Waals surface area contributed by atoms with E-state index in [0.29, 0.717) is 6.04 Å². The van der Waals surface area contributed by atoms with Gasteiger partial charge in [0, 0.05) is 28.8 Å². The Morgan fingerprint density at radius 2 is 2.24 bits per heavy atom. The Hall–Kier alpha value is -0.610. The normalized spacial score (nSPS) is 15.4. The van der Waals surface area contributed by atoms with Gasteiger partial charge in [-0.25, -0.2) is 4.98 Å². The average molecular weight is 299 g/mol. The third-order valence-electron chi connectivity index (χ3n) is 3.13. The molecule has 17 heavy (non-hydrogen) atoms. The molecule has 1 aromatic rings. The van der Waals surface area contributed by atoms with Gasteiger partial charge in [0.1, 0.15) is 5.82 Å². The van der Waals surface area contributed by atoms with Gasteiger partial charge in [0.2, 0.25) is 0 Å². The monoisotopic (exact) mass is 298 g/mol. The van der Waals surface area contributed by atoms with E-state index in [-0.39, 0.29) is 6.61 Å². The highest BCUT2D eigenvalue weighted by atomic mass is 79.9. The third-order valence-corrected chi connectivity index (χ3v) is 3.56. The minimum atomic E-state index is 0.0374. The van der Waals surface area contributed by atoms with Crippen LogP contribution in [0.5, 0.6) is 0 Å². The predicted molar refractivity (Wildman–Crippen MR) is 73.1 cm³/mol. The van der Waals surface area contributed by atoms with Crippen LogP contribution in [0.4, 0.5) is 5.82 Å². The van der Waals surface area contributed by atoms with Gasteiger partial charge in [0.15, 0.2) is 0 Å². The molecule has 0 radical (unpaired) electrons. The number of aliphatic hydroxyl groups is 1. The van der Waals surface area contributed by atoms with Crippen molar-refractivity contribution in [1.82, 2.24) is 4.98 Å². The van der Waals surface area contributed by atoms with Gasteiger partial charge >= 0.3 is 0 Å². The number of hydrogen-bond donors (Lipinski definition) is 1. The van der Waals surface area contributed by atoms with Crippen LogP contribution in [0, 0.1) is 5.92 Å². The summed E-state index contributed by atoms with van der Waals surface area (Å²) in [5.74, 6) is 1.74. The van der Waals surface area contributed by atoms with Crippen molar-refractivity contribution in [3.63, 3.8) is 0 Å². The van der Waals surface area contributed by atoms with Crippen LogP contribution in [0.15, 0.2) is 16.7 Å². The topological polar surface area (TPSA) is 36.4 Å². The van der Waals surface area contributed by atoms with E-state index in [9.17, 15) is 5.11 Å². The van der Waals surface area contributed by atoms with Crippen LogP contribution in [-0.2, 0) is 6.61 Å². The fourth-order valence-corrected chi connectivity index (χ4v) is 2.35. The maximum atomic E-state index is 9.44. The molecule has 0 unspecified atom stereocenters. The standard InChI is InChI=1S/C13H19BrN2O/c1-9(2)16(7-10-3-4-10)13-11(8-17)5-12(14)6-15-13/h5-6,9-10,17H,3-4,7-8H2,1-2H3. The van der Waals surface area contributed by atoms with Gasteiger partial charge in [-0.3, -0.25) is 0 Å². The smallest absolute Gasteiger partial charge is 0.134 e. The van der Waals surface area contributed by atoms with Crippen molar-refractivity contribution >= 4 is 21.7 Å². The molecule has 1 aliphatic carbocycles. The summed E-state index contributed by atoms with van der Waals surface area (Å²) in [5.41, 5.74) is 0.897. The van der Waals surface area contributed by atoms with Gasteiger partial charge in [0.25, 0.3) is 0 Å². The zero-order valence-corrected chi connectivity index (χ0v) is 11.9. The highest BCUT2D eigenvalue weighted by Gasteiger charge is 2.27. The molecule has 4 heteroatoms. The van der Waals surface area contributed by atoms with Crippen LogP contribution in [0.2, 0.25) is 0 Å². The van der Waals surface area contributed by atoms with Gasteiger partial charge in [-0.1, -0.05) is 0 Å². The Bertz CT molecular complexity index is 391. The molecular weight excluding hydrogens is 280 g/mol. The lowest BCUT2D eigenvalue weighted by molar-refractivity contribution is 0.281. The number of pyridine rings is 1. The largest absolute Gasteiger partial charge is 0.392 e. The highest BCUT2D eigenvalue weighted by molar-refractivity contribution is 9.10. The lowest BCUT2D eigenvalue weighted by Crippen LogP contribution is -2.34. The Morgan fingerprint density at radius 3 is 2.76 bits per heavy atom. The van der Waals surface area contributed by atoms with E-state index in [4.69, 9.17) is 0 Å². The molecule has 1 saturated carbocycles. The van der Waals surface area contributed by atoms with Crippen LogP contribution in [-0.4, -0.2) is 22.7 Å². The Balaban J connectivity index is 2.26. The zero-order chi connectivity index (χ0) is 12.4. The van der Waals surface area contributed by atoms with Gasteiger partial charge in [0.05, 0.1) is 6.61 Å². The Kier molecular flexibility index (Phi) is 4.05. The van der Waals surface area contributed by atoms with Crippen molar-refractivity contribution in [1.29, 1.82) is 0 Å². The average Bonchev–Trinajstić information content (AvgIpc) is 3.09. The molecule has 1 aromatic heterocycles. The van der Waals surface area contributed by atoms with Crippen LogP contribution in [0.1, 0.15) is 32.3 Å². The Labute approximate surface area is 111 Å². The van der Waals surface area contributed by atoms with E-state index in [0.717, 1.165) is 28.3 Å². The molecule has 1 heterocycles. The maximum Gasteiger partial charge on any atom is 0.134 e. The minimum Gasteiger partial charge on any atom is -0.392 e. The second-order valence-corrected chi connectivity index (χ2v) is 5.90. The number of nitrogens with zero attached hydrogens (tertiary/aromatic N) is 2. The fraction of sp³-hybridized carbons (Fsp3) is 0.615. The molecule has 0 amide bonds. The van der Waals surface area contributed by atoms with Crippen LogP contribution < -0.4 is 4.90 Å². The Morgan fingerprint density at radius 1 is 1.53 bits per heavy atom. The number of aliphatic hydroxyl groups excluding tert-OH is 1. The summed E-state index contributed by atoms with van der Waals surface area (Å²) in [6.45, 7) is 5.44. The summed E-state index contributed by atoms with van der Waals surface area (Å²) in [4.78, 5) is 6.77. The maximum absolute atomic E-state index is 9.44.